The average Bonchev–Trinajstić information content (AvgIpc) is 3.37. The lowest BCUT2D eigenvalue weighted by Crippen LogP contribution is -2.37. The molecule has 2 N–H and O–H groups in total. The molecule has 1 aliphatic carbocycles. The van der Waals surface area contributed by atoms with E-state index >= 15 is 0 Å². The number of hydrogen-bond acceptors (Lipinski definition) is 2. The molecule has 3 rings (SSSR count). The minimum atomic E-state index is -1.09. The highest BCUT2D eigenvalue weighted by atomic mass is 19.2. The van der Waals surface area contributed by atoms with Gasteiger partial charge in [-0.3, -0.25) is 4.79 Å². The van der Waals surface area contributed by atoms with E-state index in [0.717, 1.165) is 36.1 Å². The van der Waals surface area contributed by atoms with Gasteiger partial charge in [0.15, 0.2) is 11.6 Å². The molecule has 0 bridgehead atoms. The Hall–Kier alpha value is -2.27. The summed E-state index contributed by atoms with van der Waals surface area (Å²) in [6, 6.07) is 11.1. The zero-order valence-corrected chi connectivity index (χ0v) is 13.4. The quantitative estimate of drug-likeness (QED) is 0.884. The first-order valence-electron chi connectivity index (χ1n) is 7.91. The second-order valence-electron chi connectivity index (χ2n) is 6.35. The van der Waals surface area contributed by atoms with Gasteiger partial charge in [0.2, 0.25) is 5.91 Å². The fraction of sp³-hybridized carbons (Fsp3) is 0.316. The normalized spacial score (nSPS) is 16.5. The number of benzene rings is 2. The van der Waals surface area contributed by atoms with Crippen molar-refractivity contribution in [3.63, 3.8) is 0 Å². The topological polar surface area (TPSA) is 49.3 Å². The number of aliphatic hydroxyl groups is 1. The molecule has 126 valence electrons. The van der Waals surface area contributed by atoms with Crippen molar-refractivity contribution >= 4 is 5.91 Å². The lowest BCUT2D eigenvalue weighted by molar-refractivity contribution is -0.124. The predicted octanol–water partition coefficient (Wildman–Crippen LogP) is 3.15. The van der Waals surface area contributed by atoms with E-state index in [2.05, 4.69) is 5.32 Å². The lowest BCUT2D eigenvalue weighted by Gasteiger charge is -2.18. The molecule has 1 saturated carbocycles. The molecule has 1 atom stereocenters. The number of hydrogen-bond donors (Lipinski definition) is 2. The van der Waals surface area contributed by atoms with E-state index in [0.29, 0.717) is 0 Å². The van der Waals surface area contributed by atoms with Gasteiger partial charge in [-0.05, 0) is 43.0 Å². The Labute approximate surface area is 139 Å². The summed E-state index contributed by atoms with van der Waals surface area (Å²) < 4.78 is 26.2. The molecule has 0 heterocycles. The molecule has 1 aliphatic rings. The number of nitrogens with one attached hydrogen (secondary N) is 1. The highest BCUT2D eigenvalue weighted by Crippen LogP contribution is 2.48. The molecule has 0 radical (unpaired) electrons. The monoisotopic (exact) mass is 331 g/mol. The zero-order valence-electron chi connectivity index (χ0n) is 13.4. The Morgan fingerprint density at radius 1 is 1.21 bits per heavy atom. The smallest absolute Gasteiger partial charge is 0.230 e. The molecular weight excluding hydrogens is 312 g/mol. The zero-order chi connectivity index (χ0) is 17.3. The lowest BCUT2D eigenvalue weighted by atomic mass is 9.93. The van der Waals surface area contributed by atoms with Gasteiger partial charge in [0.1, 0.15) is 0 Å². The van der Waals surface area contributed by atoms with Crippen molar-refractivity contribution in [2.75, 3.05) is 6.54 Å². The van der Waals surface area contributed by atoms with Crippen molar-refractivity contribution in [3.8, 4) is 0 Å². The van der Waals surface area contributed by atoms with E-state index in [1.807, 2.05) is 31.2 Å². The first-order valence-corrected chi connectivity index (χ1v) is 7.91. The maximum absolute atomic E-state index is 13.2. The highest BCUT2D eigenvalue weighted by Gasteiger charge is 2.51. The van der Waals surface area contributed by atoms with Gasteiger partial charge in [-0.15, -0.1) is 0 Å². The van der Waals surface area contributed by atoms with Crippen LogP contribution in [0.25, 0.3) is 0 Å². The summed E-state index contributed by atoms with van der Waals surface area (Å²) >= 11 is 0. The Balaban J connectivity index is 1.66. The molecule has 5 heteroatoms. The number of halogens is 2. The summed E-state index contributed by atoms with van der Waals surface area (Å²) in [6.45, 7) is 1.93. The third-order valence-electron chi connectivity index (χ3n) is 4.54. The van der Waals surface area contributed by atoms with Crippen LogP contribution in [0.4, 0.5) is 8.78 Å². The van der Waals surface area contributed by atoms with Gasteiger partial charge in [0.05, 0.1) is 11.5 Å². The predicted molar refractivity (Wildman–Crippen MR) is 86.4 cm³/mol. The van der Waals surface area contributed by atoms with Crippen LogP contribution in [0.2, 0.25) is 0 Å². The van der Waals surface area contributed by atoms with Crippen LogP contribution in [-0.2, 0) is 10.2 Å². The number of carbonyl (C=O) groups excluding carboxylic acids is 1. The fourth-order valence-electron chi connectivity index (χ4n) is 2.91. The molecule has 0 spiro atoms. The number of rotatable bonds is 5. The molecule has 0 aliphatic heterocycles. The SMILES string of the molecule is Cc1cccc(C2(C(=O)NC[C@H](O)c3ccc(F)c(F)c3)CC2)c1. The molecular formula is C19H19F2NO2. The van der Waals surface area contributed by atoms with Gasteiger partial charge in [-0.25, -0.2) is 8.78 Å². The largest absolute Gasteiger partial charge is 0.387 e. The summed E-state index contributed by atoms with van der Waals surface area (Å²) in [6.07, 6.45) is 0.449. The van der Waals surface area contributed by atoms with Crippen molar-refractivity contribution in [2.24, 2.45) is 0 Å². The maximum Gasteiger partial charge on any atom is 0.230 e. The first-order chi connectivity index (χ1) is 11.4. The fourth-order valence-corrected chi connectivity index (χ4v) is 2.91. The van der Waals surface area contributed by atoms with Crippen molar-refractivity contribution in [1.82, 2.24) is 5.32 Å². The van der Waals surface area contributed by atoms with Gasteiger partial charge < -0.3 is 10.4 Å². The molecule has 0 saturated heterocycles. The van der Waals surface area contributed by atoms with Crippen LogP contribution in [0.3, 0.4) is 0 Å². The van der Waals surface area contributed by atoms with E-state index in [1.54, 1.807) is 0 Å². The van der Waals surface area contributed by atoms with E-state index in [-0.39, 0.29) is 18.0 Å². The summed E-state index contributed by atoms with van der Waals surface area (Å²) in [5.41, 5.74) is 1.77. The maximum atomic E-state index is 13.2. The Morgan fingerprint density at radius 3 is 2.58 bits per heavy atom. The molecule has 3 nitrogen and oxygen atoms in total. The van der Waals surface area contributed by atoms with Gasteiger partial charge in [-0.2, -0.15) is 0 Å². The van der Waals surface area contributed by atoms with Crippen molar-refractivity contribution in [3.05, 3.63) is 70.8 Å². The molecule has 2 aromatic rings. The van der Waals surface area contributed by atoms with Gasteiger partial charge in [0, 0.05) is 6.54 Å². The van der Waals surface area contributed by atoms with E-state index in [1.165, 1.54) is 6.07 Å². The van der Waals surface area contributed by atoms with E-state index < -0.39 is 23.2 Å². The van der Waals surface area contributed by atoms with Crippen molar-refractivity contribution < 1.29 is 18.7 Å². The van der Waals surface area contributed by atoms with Crippen LogP contribution in [0.5, 0.6) is 0 Å². The van der Waals surface area contributed by atoms with Crippen molar-refractivity contribution in [2.45, 2.75) is 31.3 Å². The summed E-state index contributed by atoms with van der Waals surface area (Å²) in [5.74, 6) is -2.13. The number of carbonyl (C=O) groups is 1. The van der Waals surface area contributed by atoms with Gasteiger partial charge in [-0.1, -0.05) is 35.9 Å². The number of amides is 1. The minimum absolute atomic E-state index is 0.0442. The second kappa shape index (κ2) is 6.32. The molecule has 2 aromatic carbocycles. The van der Waals surface area contributed by atoms with Crippen LogP contribution in [0.15, 0.2) is 42.5 Å². The van der Waals surface area contributed by atoms with Crippen LogP contribution in [0, 0.1) is 18.6 Å². The molecule has 0 unspecified atom stereocenters. The Bertz CT molecular complexity index is 772. The molecule has 24 heavy (non-hydrogen) atoms. The number of aryl methyl sites for hydroxylation is 1. The van der Waals surface area contributed by atoms with E-state index in [9.17, 15) is 18.7 Å². The van der Waals surface area contributed by atoms with Crippen LogP contribution >= 0.6 is 0 Å². The van der Waals surface area contributed by atoms with Gasteiger partial charge >= 0.3 is 0 Å². The average molecular weight is 331 g/mol. The first kappa shape index (κ1) is 16.6. The third kappa shape index (κ3) is 3.17. The molecule has 1 amide bonds. The summed E-state index contributed by atoms with van der Waals surface area (Å²) in [5, 5.41) is 12.8. The summed E-state index contributed by atoms with van der Waals surface area (Å²) in [4.78, 5) is 12.5. The summed E-state index contributed by atoms with van der Waals surface area (Å²) in [7, 11) is 0. The minimum Gasteiger partial charge on any atom is -0.387 e. The molecule has 0 aromatic heterocycles. The standard InChI is InChI=1S/C19H19F2NO2/c1-12-3-2-4-14(9-12)19(7-8-19)18(24)22-11-17(23)13-5-6-15(20)16(21)10-13/h2-6,9-10,17,23H,7-8,11H2,1H3,(H,22,24)/t17-/m0/s1. The number of aliphatic hydroxyl groups excluding tert-OH is 1. The van der Waals surface area contributed by atoms with Gasteiger partial charge in [0.25, 0.3) is 0 Å². The van der Waals surface area contributed by atoms with Crippen molar-refractivity contribution in [1.29, 1.82) is 0 Å². The van der Waals surface area contributed by atoms with E-state index in [4.69, 9.17) is 0 Å². The second-order valence-corrected chi connectivity index (χ2v) is 6.35. The molecule has 1 fully saturated rings. The van der Waals surface area contributed by atoms with Crippen LogP contribution < -0.4 is 5.32 Å². The van der Waals surface area contributed by atoms with Crippen LogP contribution in [-0.4, -0.2) is 17.6 Å². The Morgan fingerprint density at radius 2 is 1.96 bits per heavy atom. The third-order valence-corrected chi connectivity index (χ3v) is 4.54. The van der Waals surface area contributed by atoms with Crippen LogP contribution in [0.1, 0.15) is 35.6 Å². The Kier molecular flexibility index (Phi) is 4.37. The highest BCUT2D eigenvalue weighted by molar-refractivity contribution is 5.91.